The smallest absolute Gasteiger partial charge is 0.348 e. The normalized spacial score (nSPS) is 10.8. The minimum Gasteiger partial charge on any atom is -0.465 e. The number of H-pyrrole nitrogens is 1. The molecule has 0 aliphatic carbocycles. The van der Waals surface area contributed by atoms with Gasteiger partial charge in [-0.1, -0.05) is 12.1 Å². The third-order valence-corrected chi connectivity index (χ3v) is 4.45. The van der Waals surface area contributed by atoms with Crippen LogP contribution >= 0.6 is 11.3 Å². The molecule has 0 aliphatic heterocycles. The first-order valence-electron chi connectivity index (χ1n) is 6.57. The van der Waals surface area contributed by atoms with E-state index in [1.807, 2.05) is 20.2 Å². The van der Waals surface area contributed by atoms with Crippen molar-refractivity contribution in [1.29, 1.82) is 0 Å². The van der Waals surface area contributed by atoms with Crippen LogP contribution in [0.25, 0.3) is 21.5 Å². The van der Waals surface area contributed by atoms with Crippen LogP contribution in [0.5, 0.6) is 0 Å². The number of ether oxygens (including phenoxy) is 1. The summed E-state index contributed by atoms with van der Waals surface area (Å²) in [6.07, 6.45) is 0. The highest BCUT2D eigenvalue weighted by Gasteiger charge is 2.13. The second kappa shape index (κ2) is 5.26. The molecule has 1 aromatic carbocycles. The highest BCUT2D eigenvalue weighted by atomic mass is 32.1. The molecule has 0 spiro atoms. The molecule has 4 nitrogen and oxygen atoms in total. The summed E-state index contributed by atoms with van der Waals surface area (Å²) in [5.74, 6) is -0.290. The van der Waals surface area contributed by atoms with Crippen molar-refractivity contribution in [2.24, 2.45) is 0 Å². The fourth-order valence-electron chi connectivity index (χ4n) is 2.22. The molecule has 2 aromatic heterocycles. The van der Waals surface area contributed by atoms with Gasteiger partial charge in [-0.05, 0) is 29.8 Å². The zero-order valence-electron chi connectivity index (χ0n) is 12.1. The summed E-state index contributed by atoms with van der Waals surface area (Å²) in [6.45, 7) is 0. The number of hydrogen-bond donors (Lipinski definition) is 1. The molecule has 1 N–H and O–H groups in total. The van der Waals surface area contributed by atoms with Crippen LogP contribution in [0.4, 0.5) is 5.69 Å². The maximum absolute atomic E-state index is 11.5. The standard InChI is InChI=1S/C16H16N2O2S/c1-18(2)11-6-4-10(5-7-11)12-8-14-13(17-12)9-15(21-14)16(19)20-3/h4-9,17H,1-3H3. The Bertz CT molecular complexity index is 753. The van der Waals surface area contributed by atoms with Crippen molar-refractivity contribution in [2.75, 3.05) is 26.1 Å². The van der Waals surface area contributed by atoms with Gasteiger partial charge in [-0.3, -0.25) is 0 Å². The number of thiophene rings is 1. The number of carbonyl (C=O) groups excluding carboxylic acids is 1. The van der Waals surface area contributed by atoms with Crippen LogP contribution in [0, 0.1) is 0 Å². The molecule has 3 aromatic rings. The van der Waals surface area contributed by atoms with E-state index >= 15 is 0 Å². The van der Waals surface area contributed by atoms with E-state index in [2.05, 4.69) is 40.2 Å². The predicted octanol–water partition coefficient (Wildman–Crippen LogP) is 3.75. The highest BCUT2D eigenvalue weighted by Crippen LogP contribution is 2.31. The first-order chi connectivity index (χ1) is 10.1. The van der Waals surface area contributed by atoms with Gasteiger partial charge in [0.1, 0.15) is 4.88 Å². The monoisotopic (exact) mass is 300 g/mol. The Morgan fingerprint density at radius 1 is 1.19 bits per heavy atom. The fraction of sp³-hybridized carbons (Fsp3) is 0.188. The summed E-state index contributed by atoms with van der Waals surface area (Å²) in [6, 6.07) is 12.3. The summed E-state index contributed by atoms with van der Waals surface area (Å²) in [5, 5.41) is 0. The summed E-state index contributed by atoms with van der Waals surface area (Å²) in [5.41, 5.74) is 4.31. The zero-order chi connectivity index (χ0) is 15.0. The summed E-state index contributed by atoms with van der Waals surface area (Å²) in [4.78, 5) is 17.5. The Hall–Kier alpha value is -2.27. The van der Waals surface area contributed by atoms with Crippen LogP contribution in [0.1, 0.15) is 9.67 Å². The third-order valence-electron chi connectivity index (χ3n) is 3.39. The number of rotatable bonds is 3. The van der Waals surface area contributed by atoms with Crippen LogP contribution < -0.4 is 4.90 Å². The Balaban J connectivity index is 1.94. The first-order valence-corrected chi connectivity index (χ1v) is 7.39. The van der Waals surface area contributed by atoms with E-state index in [9.17, 15) is 4.79 Å². The van der Waals surface area contributed by atoms with Crippen molar-refractivity contribution in [3.05, 3.63) is 41.3 Å². The fourth-order valence-corrected chi connectivity index (χ4v) is 3.20. The van der Waals surface area contributed by atoms with Crippen LogP contribution in [-0.4, -0.2) is 32.2 Å². The molecule has 0 bridgehead atoms. The van der Waals surface area contributed by atoms with Gasteiger partial charge < -0.3 is 14.6 Å². The molecule has 0 fully saturated rings. The quantitative estimate of drug-likeness (QED) is 0.749. The van der Waals surface area contributed by atoms with E-state index in [1.165, 1.54) is 24.1 Å². The van der Waals surface area contributed by atoms with Crippen molar-refractivity contribution in [3.8, 4) is 11.3 Å². The lowest BCUT2D eigenvalue weighted by Gasteiger charge is -2.12. The molecule has 21 heavy (non-hydrogen) atoms. The molecular weight excluding hydrogens is 284 g/mol. The maximum Gasteiger partial charge on any atom is 0.348 e. The molecule has 0 radical (unpaired) electrons. The number of nitrogens with zero attached hydrogens (tertiary/aromatic N) is 1. The lowest BCUT2D eigenvalue weighted by atomic mass is 10.1. The first kappa shape index (κ1) is 13.7. The lowest BCUT2D eigenvalue weighted by molar-refractivity contribution is 0.0606. The molecule has 0 saturated carbocycles. The minimum absolute atomic E-state index is 0.290. The molecule has 0 saturated heterocycles. The molecular formula is C16H16N2O2S. The van der Waals surface area contributed by atoms with Crippen molar-refractivity contribution in [3.63, 3.8) is 0 Å². The average molecular weight is 300 g/mol. The van der Waals surface area contributed by atoms with E-state index in [-0.39, 0.29) is 5.97 Å². The SMILES string of the molecule is COC(=O)c1cc2[nH]c(-c3ccc(N(C)C)cc3)cc2s1. The van der Waals surface area contributed by atoms with Gasteiger partial charge in [0.25, 0.3) is 0 Å². The number of carbonyl (C=O) groups is 1. The van der Waals surface area contributed by atoms with Gasteiger partial charge in [0, 0.05) is 25.5 Å². The van der Waals surface area contributed by atoms with Gasteiger partial charge in [-0.15, -0.1) is 11.3 Å². The zero-order valence-corrected chi connectivity index (χ0v) is 13.0. The second-order valence-corrected chi connectivity index (χ2v) is 6.09. The number of esters is 1. The predicted molar refractivity (Wildman–Crippen MR) is 87.3 cm³/mol. The van der Waals surface area contributed by atoms with E-state index < -0.39 is 0 Å². The molecule has 0 aliphatic rings. The third kappa shape index (κ3) is 2.52. The number of nitrogens with one attached hydrogen (secondary N) is 1. The van der Waals surface area contributed by atoms with Gasteiger partial charge in [0.15, 0.2) is 0 Å². The van der Waals surface area contributed by atoms with E-state index in [4.69, 9.17) is 4.74 Å². The Morgan fingerprint density at radius 2 is 1.90 bits per heavy atom. The van der Waals surface area contributed by atoms with E-state index in [1.54, 1.807) is 0 Å². The summed E-state index contributed by atoms with van der Waals surface area (Å²) >= 11 is 1.44. The van der Waals surface area contributed by atoms with Gasteiger partial charge >= 0.3 is 5.97 Å². The second-order valence-electron chi connectivity index (χ2n) is 5.00. The van der Waals surface area contributed by atoms with E-state index in [0.717, 1.165) is 21.5 Å². The number of benzene rings is 1. The average Bonchev–Trinajstić information content (AvgIpc) is 3.05. The number of methoxy groups -OCH3 is 1. The molecule has 0 amide bonds. The number of fused-ring (bicyclic) bond motifs is 1. The molecule has 0 atom stereocenters. The molecule has 2 heterocycles. The van der Waals surface area contributed by atoms with Gasteiger partial charge in [0.05, 0.1) is 17.3 Å². The summed E-state index contributed by atoms with van der Waals surface area (Å²) in [7, 11) is 5.44. The van der Waals surface area contributed by atoms with Crippen LogP contribution in [0.3, 0.4) is 0 Å². The van der Waals surface area contributed by atoms with Crippen LogP contribution in [-0.2, 0) is 4.74 Å². The van der Waals surface area contributed by atoms with Crippen molar-refractivity contribution in [2.45, 2.75) is 0 Å². The summed E-state index contributed by atoms with van der Waals surface area (Å²) < 4.78 is 5.80. The Labute approximate surface area is 127 Å². The number of hydrogen-bond acceptors (Lipinski definition) is 4. The van der Waals surface area contributed by atoms with Crippen molar-refractivity contribution >= 4 is 33.2 Å². The topological polar surface area (TPSA) is 45.3 Å². The van der Waals surface area contributed by atoms with Crippen LogP contribution in [0.15, 0.2) is 36.4 Å². The van der Waals surface area contributed by atoms with Gasteiger partial charge in [-0.2, -0.15) is 0 Å². The Kier molecular flexibility index (Phi) is 3.43. The van der Waals surface area contributed by atoms with Gasteiger partial charge in [0.2, 0.25) is 0 Å². The van der Waals surface area contributed by atoms with E-state index in [0.29, 0.717) is 4.88 Å². The highest BCUT2D eigenvalue weighted by molar-refractivity contribution is 7.20. The number of aromatic amines is 1. The largest absolute Gasteiger partial charge is 0.465 e. The van der Waals surface area contributed by atoms with Gasteiger partial charge in [-0.25, -0.2) is 4.79 Å². The van der Waals surface area contributed by atoms with Crippen LogP contribution in [0.2, 0.25) is 0 Å². The van der Waals surface area contributed by atoms with Crippen molar-refractivity contribution < 1.29 is 9.53 Å². The molecule has 0 unspecified atom stereocenters. The number of aromatic nitrogens is 1. The Morgan fingerprint density at radius 3 is 2.48 bits per heavy atom. The van der Waals surface area contributed by atoms with Crippen molar-refractivity contribution in [1.82, 2.24) is 4.98 Å². The minimum atomic E-state index is -0.290. The molecule has 3 rings (SSSR count). The molecule has 108 valence electrons. The number of anilines is 1. The maximum atomic E-state index is 11.5. The molecule has 5 heteroatoms. The lowest BCUT2D eigenvalue weighted by Crippen LogP contribution is -2.07.